The van der Waals surface area contributed by atoms with Gasteiger partial charge in [-0.25, -0.2) is 24.7 Å². The van der Waals surface area contributed by atoms with Crippen LogP contribution in [0.1, 0.15) is 39.3 Å². The number of halogens is 1. The van der Waals surface area contributed by atoms with Crippen molar-refractivity contribution in [2.45, 2.75) is 51.9 Å². The lowest BCUT2D eigenvalue weighted by Crippen LogP contribution is -2.48. The Morgan fingerprint density at radius 2 is 1.94 bits per heavy atom. The fraction of sp³-hybridized carbons (Fsp3) is 0.455. The van der Waals surface area contributed by atoms with E-state index in [1.165, 1.54) is 20.2 Å². The van der Waals surface area contributed by atoms with E-state index in [-0.39, 0.29) is 18.2 Å². The number of imidazole rings is 1. The van der Waals surface area contributed by atoms with Gasteiger partial charge in [0.05, 0.1) is 19.0 Å². The lowest BCUT2D eigenvalue weighted by atomic mass is 10.1. The summed E-state index contributed by atoms with van der Waals surface area (Å²) in [6.45, 7) is 7.01. The third-order valence-electron chi connectivity index (χ3n) is 5.83. The number of carboxylic acid groups (broad SMARTS) is 1. The Morgan fingerprint density at radius 1 is 1.29 bits per heavy atom. The predicted octanol–water partition coefficient (Wildman–Crippen LogP) is 3.76. The van der Waals surface area contributed by atoms with Crippen LogP contribution in [-0.4, -0.2) is 60.3 Å². The van der Waals surface area contributed by atoms with Crippen molar-refractivity contribution in [2.24, 2.45) is 0 Å². The second-order valence-electron chi connectivity index (χ2n) is 8.98. The fourth-order valence-electron chi connectivity index (χ4n) is 3.51. The van der Waals surface area contributed by atoms with Gasteiger partial charge in [0.15, 0.2) is 11.5 Å². The molecule has 4 N–H and O–H groups in total. The summed E-state index contributed by atoms with van der Waals surface area (Å²) in [5.74, 6) is -0.842. The molecule has 3 atom stereocenters. The molecule has 0 amide bonds. The first kappa shape index (κ1) is 27.0. The van der Waals surface area contributed by atoms with Crippen LogP contribution >= 0.6 is 19.0 Å². The Hall–Kier alpha value is -2.56. The topological polar surface area (TPSA) is 148 Å². The smallest absolute Gasteiger partial charge is 0.323 e. The first-order valence-electron chi connectivity index (χ1n) is 11.0. The van der Waals surface area contributed by atoms with Crippen molar-refractivity contribution < 1.29 is 19.2 Å². The summed E-state index contributed by atoms with van der Waals surface area (Å²) in [5.41, 5.74) is 6.33. The standard InChI is InChI=1S/C22H31ClN7O4P/c1-14(10-30-12-27-18-19(24)25-11-26-20(18)30)34-13-35(33,28-22(3,4)21(31)32)29(5)15(2)16-6-8-17(23)9-7-16/h6-9,11-12,14-15H,10,13H2,1-5H3,(H,28,33)(H,31,32)(H2,24,25,26)/t14-,15+,35?/m0/s1. The molecule has 2 aromatic heterocycles. The summed E-state index contributed by atoms with van der Waals surface area (Å²) < 4.78 is 23.6. The van der Waals surface area contributed by atoms with E-state index in [9.17, 15) is 14.5 Å². The summed E-state index contributed by atoms with van der Waals surface area (Å²) in [6, 6.07) is 6.89. The Labute approximate surface area is 209 Å². The number of rotatable bonds is 11. The van der Waals surface area contributed by atoms with Gasteiger partial charge in [-0.1, -0.05) is 23.7 Å². The van der Waals surface area contributed by atoms with Crippen LogP contribution in [0.3, 0.4) is 0 Å². The first-order valence-corrected chi connectivity index (χ1v) is 13.2. The zero-order chi connectivity index (χ0) is 26.0. The monoisotopic (exact) mass is 523 g/mol. The highest BCUT2D eigenvalue weighted by atomic mass is 35.5. The molecule has 0 radical (unpaired) electrons. The van der Waals surface area contributed by atoms with E-state index in [1.54, 1.807) is 34.7 Å². The molecule has 0 aliphatic heterocycles. The summed E-state index contributed by atoms with van der Waals surface area (Å²) in [6.07, 6.45) is 2.34. The minimum Gasteiger partial charge on any atom is -0.480 e. The molecule has 0 saturated heterocycles. The second kappa shape index (κ2) is 10.6. The largest absolute Gasteiger partial charge is 0.480 e. The van der Waals surface area contributed by atoms with Gasteiger partial charge in [0.2, 0.25) is 7.44 Å². The number of aromatic nitrogens is 4. The van der Waals surface area contributed by atoms with Gasteiger partial charge in [0.1, 0.15) is 23.7 Å². The molecule has 11 nitrogen and oxygen atoms in total. The molecule has 1 aromatic carbocycles. The number of nitrogens with zero attached hydrogens (tertiary/aromatic N) is 5. The number of hydrogen-bond donors (Lipinski definition) is 3. The molecule has 0 bridgehead atoms. The zero-order valence-corrected chi connectivity index (χ0v) is 22.0. The highest BCUT2D eigenvalue weighted by molar-refractivity contribution is 7.59. The number of aliphatic carboxylic acids is 1. The van der Waals surface area contributed by atoms with Gasteiger partial charge in [0.25, 0.3) is 0 Å². The molecule has 0 aliphatic rings. The van der Waals surface area contributed by atoms with Crippen molar-refractivity contribution >= 4 is 42.0 Å². The van der Waals surface area contributed by atoms with Crippen LogP contribution in [-0.2, 0) is 20.6 Å². The Kier molecular flexibility index (Phi) is 8.18. The number of nitrogens with one attached hydrogen (secondary N) is 1. The molecule has 190 valence electrons. The average molecular weight is 524 g/mol. The van der Waals surface area contributed by atoms with Crippen LogP contribution in [0, 0.1) is 0 Å². The molecule has 3 aromatic rings. The molecule has 0 saturated carbocycles. The molecule has 13 heteroatoms. The number of carboxylic acids is 1. The summed E-state index contributed by atoms with van der Waals surface area (Å²) in [7, 11) is -1.86. The summed E-state index contributed by atoms with van der Waals surface area (Å²) in [5, 5.41) is 13.1. The van der Waals surface area contributed by atoms with Gasteiger partial charge >= 0.3 is 5.97 Å². The summed E-state index contributed by atoms with van der Waals surface area (Å²) in [4.78, 5) is 24.2. The normalized spacial score (nSPS) is 15.7. The predicted molar refractivity (Wildman–Crippen MR) is 135 cm³/mol. The molecular weight excluding hydrogens is 493 g/mol. The zero-order valence-electron chi connectivity index (χ0n) is 20.3. The average Bonchev–Trinajstić information content (AvgIpc) is 3.21. The molecule has 35 heavy (non-hydrogen) atoms. The van der Waals surface area contributed by atoms with Gasteiger partial charge in [-0.2, -0.15) is 0 Å². The van der Waals surface area contributed by atoms with Crippen molar-refractivity contribution in [1.29, 1.82) is 0 Å². The third kappa shape index (κ3) is 6.17. The van der Waals surface area contributed by atoms with E-state index in [0.29, 0.717) is 22.7 Å². The van der Waals surface area contributed by atoms with E-state index < -0.39 is 25.1 Å². The van der Waals surface area contributed by atoms with Gasteiger partial charge in [-0.3, -0.25) is 9.36 Å². The second-order valence-corrected chi connectivity index (χ2v) is 11.9. The number of hydrogen-bond acceptors (Lipinski definition) is 7. The lowest BCUT2D eigenvalue weighted by molar-refractivity contribution is -0.142. The number of benzene rings is 1. The van der Waals surface area contributed by atoms with Crippen LogP contribution in [0.5, 0.6) is 0 Å². The highest BCUT2D eigenvalue weighted by Crippen LogP contribution is 2.51. The molecular formula is C22H31ClN7O4P. The van der Waals surface area contributed by atoms with Gasteiger partial charge in [-0.15, -0.1) is 0 Å². The molecule has 2 heterocycles. The number of nitrogen functional groups attached to an aromatic ring is 1. The molecule has 1 unspecified atom stereocenters. The SMILES string of the molecule is C[C@H](c1ccc(Cl)cc1)N(C)P(=O)(CO[C@@H](C)Cn1cnc2c(N)ncnc21)NC(C)(C)C(=O)O. The highest BCUT2D eigenvalue weighted by Gasteiger charge is 2.40. The number of anilines is 1. The molecule has 0 fully saturated rings. The van der Waals surface area contributed by atoms with Gasteiger partial charge in [0, 0.05) is 11.1 Å². The van der Waals surface area contributed by atoms with Gasteiger partial charge in [-0.05, 0) is 52.4 Å². The van der Waals surface area contributed by atoms with Gasteiger partial charge < -0.3 is 20.1 Å². The van der Waals surface area contributed by atoms with Crippen LogP contribution in [0.15, 0.2) is 36.9 Å². The minimum atomic E-state index is -3.54. The molecule has 0 spiro atoms. The van der Waals surface area contributed by atoms with E-state index in [0.717, 1.165) is 5.56 Å². The van der Waals surface area contributed by atoms with Crippen molar-refractivity contribution in [3.8, 4) is 0 Å². The number of fused-ring (bicyclic) bond motifs is 1. The van der Waals surface area contributed by atoms with Crippen LogP contribution in [0.4, 0.5) is 5.82 Å². The Balaban J connectivity index is 1.80. The fourth-order valence-corrected chi connectivity index (χ4v) is 6.16. The maximum Gasteiger partial charge on any atom is 0.323 e. The number of ether oxygens (including phenoxy) is 1. The minimum absolute atomic E-state index is 0.219. The van der Waals surface area contributed by atoms with Crippen LogP contribution < -0.4 is 10.8 Å². The molecule has 0 aliphatic carbocycles. The van der Waals surface area contributed by atoms with Crippen molar-refractivity contribution in [2.75, 3.05) is 19.1 Å². The quantitative estimate of drug-likeness (QED) is 0.317. The Bertz CT molecular complexity index is 1230. The van der Waals surface area contributed by atoms with E-state index in [2.05, 4.69) is 20.0 Å². The Morgan fingerprint density at radius 3 is 2.57 bits per heavy atom. The van der Waals surface area contributed by atoms with E-state index >= 15 is 0 Å². The summed E-state index contributed by atoms with van der Waals surface area (Å²) >= 11 is 6.01. The maximum absolute atomic E-state index is 14.2. The van der Waals surface area contributed by atoms with E-state index in [1.807, 2.05) is 26.0 Å². The van der Waals surface area contributed by atoms with Crippen molar-refractivity contribution in [3.05, 3.63) is 47.5 Å². The number of carbonyl (C=O) groups is 1. The maximum atomic E-state index is 14.2. The lowest BCUT2D eigenvalue weighted by Gasteiger charge is -2.38. The van der Waals surface area contributed by atoms with Crippen LogP contribution in [0.2, 0.25) is 5.02 Å². The first-order chi connectivity index (χ1) is 16.3. The molecule has 3 rings (SSSR count). The van der Waals surface area contributed by atoms with E-state index in [4.69, 9.17) is 22.1 Å². The number of nitrogens with two attached hydrogens (primary N) is 1. The van der Waals surface area contributed by atoms with Crippen molar-refractivity contribution in [1.82, 2.24) is 29.3 Å². The van der Waals surface area contributed by atoms with Crippen molar-refractivity contribution in [3.63, 3.8) is 0 Å². The van der Waals surface area contributed by atoms with Crippen LogP contribution in [0.25, 0.3) is 11.2 Å². The third-order valence-corrected chi connectivity index (χ3v) is 8.85.